The lowest BCUT2D eigenvalue weighted by Gasteiger charge is -2.13. The number of nitrogens with one attached hydrogen (secondary N) is 2. The van der Waals surface area contributed by atoms with E-state index in [2.05, 4.69) is 15.3 Å². The first-order valence-corrected chi connectivity index (χ1v) is 5.71. The summed E-state index contributed by atoms with van der Waals surface area (Å²) in [6.07, 6.45) is 0. The summed E-state index contributed by atoms with van der Waals surface area (Å²) in [6.45, 7) is 0.928. The smallest absolute Gasteiger partial charge is 0.233 e. The quantitative estimate of drug-likeness (QED) is 0.679. The van der Waals surface area contributed by atoms with Crippen LogP contribution in [0.4, 0.5) is 5.69 Å². The zero-order valence-electron chi connectivity index (χ0n) is 10.5. The number of nitrogen functional groups attached to an aromatic ring is 1. The van der Waals surface area contributed by atoms with Gasteiger partial charge in [-0.2, -0.15) is 0 Å². The third-order valence-corrected chi connectivity index (χ3v) is 2.67. The van der Waals surface area contributed by atoms with E-state index in [1.54, 1.807) is 7.05 Å². The van der Waals surface area contributed by atoms with Gasteiger partial charge in [-0.1, -0.05) is 0 Å². The number of anilines is 1. The number of hydrogen-bond acceptors (Lipinski definition) is 4. The highest BCUT2D eigenvalue weighted by molar-refractivity contribution is 5.79. The minimum absolute atomic E-state index is 0.0159. The van der Waals surface area contributed by atoms with Crippen molar-refractivity contribution in [2.75, 3.05) is 26.4 Å². The molecule has 0 saturated heterocycles. The maximum atomic E-state index is 11.2. The zero-order chi connectivity index (χ0) is 13.1. The second-order valence-electron chi connectivity index (χ2n) is 4.31. The van der Waals surface area contributed by atoms with E-state index in [9.17, 15) is 4.79 Å². The fourth-order valence-electron chi connectivity index (χ4n) is 1.79. The number of fused-ring (bicyclic) bond motifs is 1. The molecule has 0 bridgehead atoms. The number of rotatable bonds is 4. The molecule has 1 amide bonds. The third kappa shape index (κ3) is 2.78. The Balaban J connectivity index is 2.09. The van der Waals surface area contributed by atoms with Crippen LogP contribution in [0, 0.1) is 0 Å². The van der Waals surface area contributed by atoms with Crippen LogP contribution in [0.15, 0.2) is 18.2 Å². The van der Waals surface area contributed by atoms with Crippen LogP contribution in [0.25, 0.3) is 11.0 Å². The van der Waals surface area contributed by atoms with Gasteiger partial charge in [0, 0.05) is 12.7 Å². The molecule has 0 aliphatic carbocycles. The molecule has 0 aliphatic rings. The number of benzene rings is 1. The second kappa shape index (κ2) is 5.05. The van der Waals surface area contributed by atoms with Crippen LogP contribution in [-0.4, -0.2) is 41.4 Å². The van der Waals surface area contributed by atoms with Crippen molar-refractivity contribution < 1.29 is 4.79 Å². The number of H-pyrrole nitrogens is 1. The summed E-state index contributed by atoms with van der Waals surface area (Å²) in [7, 11) is 3.50. The monoisotopic (exact) mass is 247 g/mol. The molecule has 6 heteroatoms. The minimum Gasteiger partial charge on any atom is -0.399 e. The number of nitrogens with two attached hydrogens (primary N) is 1. The highest BCUT2D eigenvalue weighted by atomic mass is 16.1. The van der Waals surface area contributed by atoms with Gasteiger partial charge in [-0.25, -0.2) is 4.98 Å². The molecule has 0 spiro atoms. The van der Waals surface area contributed by atoms with Crippen molar-refractivity contribution in [3.63, 3.8) is 0 Å². The number of carbonyl (C=O) groups is 1. The van der Waals surface area contributed by atoms with Crippen LogP contribution >= 0.6 is 0 Å². The molecule has 0 atom stereocenters. The van der Waals surface area contributed by atoms with Crippen molar-refractivity contribution in [2.45, 2.75) is 6.54 Å². The molecule has 96 valence electrons. The average Bonchev–Trinajstić information content (AvgIpc) is 2.69. The maximum absolute atomic E-state index is 11.2. The molecule has 1 aromatic heterocycles. The van der Waals surface area contributed by atoms with E-state index in [1.807, 2.05) is 30.1 Å². The van der Waals surface area contributed by atoms with E-state index in [1.165, 1.54) is 0 Å². The number of carbonyl (C=O) groups excluding carboxylic acids is 1. The summed E-state index contributed by atoms with van der Waals surface area (Å²) in [6, 6.07) is 5.55. The lowest BCUT2D eigenvalue weighted by molar-refractivity contribution is -0.121. The predicted molar refractivity (Wildman–Crippen MR) is 70.9 cm³/mol. The lowest BCUT2D eigenvalue weighted by Crippen LogP contribution is -2.32. The molecule has 0 radical (unpaired) electrons. The maximum Gasteiger partial charge on any atom is 0.233 e. The van der Waals surface area contributed by atoms with E-state index in [4.69, 9.17) is 5.73 Å². The summed E-state index contributed by atoms with van der Waals surface area (Å²) >= 11 is 0. The van der Waals surface area contributed by atoms with Gasteiger partial charge in [0.05, 0.1) is 24.1 Å². The van der Waals surface area contributed by atoms with Crippen LogP contribution in [0.1, 0.15) is 5.82 Å². The van der Waals surface area contributed by atoms with Gasteiger partial charge in [0.15, 0.2) is 0 Å². The average molecular weight is 247 g/mol. The SMILES string of the molecule is CNC(=O)CN(C)Cc1nc2ccc(N)cc2[nH]1. The second-order valence-corrected chi connectivity index (χ2v) is 4.31. The first kappa shape index (κ1) is 12.4. The van der Waals surface area contributed by atoms with Crippen LogP contribution in [0.2, 0.25) is 0 Å². The van der Waals surface area contributed by atoms with Gasteiger partial charge in [0.25, 0.3) is 0 Å². The zero-order valence-corrected chi connectivity index (χ0v) is 10.5. The van der Waals surface area contributed by atoms with Crippen molar-refractivity contribution in [3.8, 4) is 0 Å². The molecular weight excluding hydrogens is 230 g/mol. The van der Waals surface area contributed by atoms with Gasteiger partial charge >= 0.3 is 0 Å². The molecule has 2 aromatic rings. The number of hydrogen-bond donors (Lipinski definition) is 3. The van der Waals surface area contributed by atoms with Crippen molar-refractivity contribution in [1.82, 2.24) is 20.2 Å². The Morgan fingerprint density at radius 3 is 3.06 bits per heavy atom. The van der Waals surface area contributed by atoms with Gasteiger partial charge in [-0.05, 0) is 25.2 Å². The lowest BCUT2D eigenvalue weighted by atomic mass is 10.3. The van der Waals surface area contributed by atoms with Crippen molar-refractivity contribution >= 4 is 22.6 Å². The fourth-order valence-corrected chi connectivity index (χ4v) is 1.79. The molecule has 18 heavy (non-hydrogen) atoms. The van der Waals surface area contributed by atoms with Crippen LogP contribution in [-0.2, 0) is 11.3 Å². The first-order chi connectivity index (χ1) is 8.58. The fraction of sp³-hybridized carbons (Fsp3) is 0.333. The van der Waals surface area contributed by atoms with Gasteiger partial charge < -0.3 is 16.0 Å². The predicted octanol–water partition coefficient (Wildman–Crippen LogP) is 0.323. The van der Waals surface area contributed by atoms with E-state index in [0.29, 0.717) is 18.8 Å². The normalized spacial score (nSPS) is 11.1. The van der Waals surface area contributed by atoms with E-state index < -0.39 is 0 Å². The molecule has 1 aromatic carbocycles. The Kier molecular flexibility index (Phi) is 3.47. The molecule has 6 nitrogen and oxygen atoms in total. The molecule has 0 fully saturated rings. The van der Waals surface area contributed by atoms with Crippen LogP contribution < -0.4 is 11.1 Å². The number of aromatic amines is 1. The van der Waals surface area contributed by atoms with Gasteiger partial charge in [-0.15, -0.1) is 0 Å². The Hall–Kier alpha value is -2.08. The molecule has 0 saturated carbocycles. The minimum atomic E-state index is -0.0159. The number of amides is 1. The first-order valence-electron chi connectivity index (χ1n) is 5.71. The van der Waals surface area contributed by atoms with Crippen molar-refractivity contribution in [3.05, 3.63) is 24.0 Å². The van der Waals surface area contributed by atoms with Crippen molar-refractivity contribution in [2.24, 2.45) is 0 Å². The number of aromatic nitrogens is 2. The van der Waals surface area contributed by atoms with E-state index in [0.717, 1.165) is 16.9 Å². The van der Waals surface area contributed by atoms with Crippen LogP contribution in [0.5, 0.6) is 0 Å². The number of likely N-dealkylation sites (N-methyl/N-ethyl adjacent to an activating group) is 2. The van der Waals surface area contributed by atoms with Crippen molar-refractivity contribution in [1.29, 1.82) is 0 Å². The van der Waals surface area contributed by atoms with Gasteiger partial charge in [0.2, 0.25) is 5.91 Å². The number of imidazole rings is 1. The standard InChI is InChI=1S/C12H17N5O/c1-14-12(18)7-17(2)6-11-15-9-4-3-8(13)5-10(9)16-11/h3-5H,6-7,13H2,1-2H3,(H,14,18)(H,15,16). The van der Waals surface area contributed by atoms with E-state index >= 15 is 0 Å². The third-order valence-electron chi connectivity index (χ3n) is 2.67. The Labute approximate surface area is 105 Å². The van der Waals surface area contributed by atoms with Gasteiger partial charge in [-0.3, -0.25) is 9.69 Å². The molecule has 0 unspecified atom stereocenters. The highest BCUT2D eigenvalue weighted by Crippen LogP contribution is 2.15. The van der Waals surface area contributed by atoms with E-state index in [-0.39, 0.29) is 5.91 Å². The summed E-state index contributed by atoms with van der Waals surface area (Å²) in [5.41, 5.74) is 8.21. The highest BCUT2D eigenvalue weighted by Gasteiger charge is 2.08. The Morgan fingerprint density at radius 1 is 1.56 bits per heavy atom. The summed E-state index contributed by atoms with van der Waals surface area (Å²) in [5.74, 6) is 0.805. The molecule has 1 heterocycles. The van der Waals surface area contributed by atoms with Gasteiger partial charge in [0.1, 0.15) is 5.82 Å². The molecule has 0 aliphatic heterocycles. The Bertz CT molecular complexity index is 563. The largest absolute Gasteiger partial charge is 0.399 e. The summed E-state index contributed by atoms with van der Waals surface area (Å²) in [5, 5.41) is 2.59. The summed E-state index contributed by atoms with van der Waals surface area (Å²) < 4.78 is 0. The molecular formula is C12H17N5O. The topological polar surface area (TPSA) is 87.0 Å². The Morgan fingerprint density at radius 2 is 2.33 bits per heavy atom. The van der Waals surface area contributed by atoms with Crippen LogP contribution in [0.3, 0.4) is 0 Å². The summed E-state index contributed by atoms with van der Waals surface area (Å²) in [4.78, 5) is 20.8. The molecule has 4 N–H and O–H groups in total. The molecule has 2 rings (SSSR count). The number of nitrogens with zero attached hydrogens (tertiary/aromatic N) is 2.